The Bertz CT molecular complexity index is 1360. The maximum atomic E-state index is 12.8. The Kier molecular flexibility index (Phi) is 7.04. The van der Waals surface area contributed by atoms with E-state index in [0.717, 1.165) is 22.2 Å². The number of aromatic nitrogens is 3. The van der Waals surface area contributed by atoms with Gasteiger partial charge in [-0.05, 0) is 23.1 Å². The second kappa shape index (κ2) is 10.4. The first-order valence-electron chi connectivity index (χ1n) is 12.1. The predicted molar refractivity (Wildman–Crippen MR) is 136 cm³/mol. The van der Waals surface area contributed by atoms with Gasteiger partial charge in [0.25, 0.3) is 0 Å². The summed E-state index contributed by atoms with van der Waals surface area (Å²) in [6.07, 6.45) is 7.50. The summed E-state index contributed by atoms with van der Waals surface area (Å²) in [4.78, 5) is 21.1. The third-order valence-electron chi connectivity index (χ3n) is 6.83. The average Bonchev–Trinajstić information content (AvgIpc) is 3.27. The van der Waals surface area contributed by atoms with Crippen LogP contribution in [0.3, 0.4) is 0 Å². The Morgan fingerprint density at radius 1 is 1.17 bits per heavy atom. The molecule has 4 heterocycles. The smallest absolute Gasteiger partial charge is 0.246 e. The van der Waals surface area contributed by atoms with Gasteiger partial charge in [0, 0.05) is 45.0 Å². The molecule has 1 amide bonds. The lowest BCUT2D eigenvalue weighted by molar-refractivity contribution is -0.126. The van der Waals surface area contributed by atoms with Crippen LogP contribution in [0.15, 0.2) is 55.0 Å². The Balaban J connectivity index is 1.27. The molecule has 0 spiro atoms. The van der Waals surface area contributed by atoms with Crippen molar-refractivity contribution in [3.63, 3.8) is 0 Å². The van der Waals surface area contributed by atoms with E-state index in [9.17, 15) is 18.3 Å². The van der Waals surface area contributed by atoms with E-state index in [1.807, 2.05) is 47.5 Å². The Morgan fingerprint density at radius 2 is 1.94 bits per heavy atom. The molecule has 10 nitrogen and oxygen atoms in total. The summed E-state index contributed by atoms with van der Waals surface area (Å²) in [5.41, 5.74) is 3.95. The van der Waals surface area contributed by atoms with Crippen molar-refractivity contribution in [3.05, 3.63) is 71.7 Å². The summed E-state index contributed by atoms with van der Waals surface area (Å²) < 4.78 is 24.9. The van der Waals surface area contributed by atoms with Crippen LogP contribution in [0.1, 0.15) is 22.7 Å². The number of amides is 1. The van der Waals surface area contributed by atoms with E-state index in [4.69, 9.17) is 0 Å². The summed E-state index contributed by atoms with van der Waals surface area (Å²) in [5.74, 6) is 0.943. The van der Waals surface area contributed by atoms with Gasteiger partial charge in [-0.2, -0.15) is 5.10 Å². The molecule has 3 aromatic rings. The highest BCUT2D eigenvalue weighted by Gasteiger charge is 2.26. The largest absolute Gasteiger partial charge is 0.394 e. The fourth-order valence-corrected chi connectivity index (χ4v) is 6.07. The van der Waals surface area contributed by atoms with Gasteiger partial charge in [-0.25, -0.2) is 17.9 Å². The number of sulfone groups is 1. The number of nitrogens with one attached hydrogen (secondary N) is 1. The van der Waals surface area contributed by atoms with Crippen molar-refractivity contribution < 1.29 is 18.3 Å². The van der Waals surface area contributed by atoms with Crippen molar-refractivity contribution in [1.82, 2.24) is 24.4 Å². The van der Waals surface area contributed by atoms with Crippen LogP contribution in [0, 0.1) is 0 Å². The number of fused-ring (bicyclic) bond motifs is 3. The van der Waals surface area contributed by atoms with Gasteiger partial charge in [-0.3, -0.25) is 9.69 Å². The predicted octanol–water partition coefficient (Wildman–Crippen LogP) is 1.05. The van der Waals surface area contributed by atoms with Gasteiger partial charge in [-0.15, -0.1) is 0 Å². The molecule has 11 heteroatoms. The first-order chi connectivity index (χ1) is 17.4. The van der Waals surface area contributed by atoms with Crippen LogP contribution in [0.5, 0.6) is 0 Å². The third-order valence-corrected chi connectivity index (χ3v) is 8.44. The monoisotopic (exact) mass is 510 g/mol. The normalized spacial score (nSPS) is 18.9. The minimum atomic E-state index is -2.91. The van der Waals surface area contributed by atoms with Crippen LogP contribution >= 0.6 is 0 Å². The number of hydrogen-bond donors (Lipinski definition) is 2. The van der Waals surface area contributed by atoms with Gasteiger partial charge in [0.2, 0.25) is 5.91 Å². The molecule has 1 unspecified atom stereocenters. The molecule has 0 bridgehead atoms. The number of aliphatic hydroxyl groups excluding tert-OH is 1. The minimum absolute atomic E-state index is 0.0607. The quantitative estimate of drug-likeness (QED) is 0.453. The first kappa shape index (κ1) is 24.4. The van der Waals surface area contributed by atoms with E-state index in [0.29, 0.717) is 45.0 Å². The molecular formula is C25H30N6O4S. The van der Waals surface area contributed by atoms with Crippen LogP contribution in [0.4, 0.5) is 5.82 Å². The molecule has 1 atom stereocenters. The fraction of sp³-hybridized carbons (Fsp3) is 0.400. The lowest BCUT2D eigenvalue weighted by atomic mass is 10.0. The highest BCUT2D eigenvalue weighted by Crippen LogP contribution is 2.30. The van der Waals surface area contributed by atoms with E-state index in [1.54, 1.807) is 15.5 Å². The standard InChI is InChI=1S/C25H30N6O4S/c32-17-22(19-5-2-1-3-6-19)28-25-24-21-8-10-30(15-20(21)16-31(24)27-18-26-25)23(33)7-4-9-29-11-13-36(34,35)14-12-29/h1-7,16,18,22,32H,8-15,17H2,(H,26,27,28). The van der Waals surface area contributed by atoms with Crippen LogP contribution in [-0.2, 0) is 27.6 Å². The summed E-state index contributed by atoms with van der Waals surface area (Å²) in [6, 6.07) is 9.43. The number of carbonyl (C=O) groups is 1. The summed E-state index contributed by atoms with van der Waals surface area (Å²) >= 11 is 0. The molecule has 2 aromatic heterocycles. The molecule has 2 N–H and O–H groups in total. The van der Waals surface area contributed by atoms with Crippen molar-refractivity contribution in [3.8, 4) is 0 Å². The SMILES string of the molecule is O=C(C=CCN1CCS(=O)(=O)CC1)N1CCc2c(cn3ncnc(NC(CO)c4ccccc4)c23)C1. The van der Waals surface area contributed by atoms with Crippen molar-refractivity contribution in [2.24, 2.45) is 0 Å². The number of rotatable bonds is 7. The maximum absolute atomic E-state index is 12.8. The van der Waals surface area contributed by atoms with E-state index >= 15 is 0 Å². The molecule has 36 heavy (non-hydrogen) atoms. The first-order valence-corrected chi connectivity index (χ1v) is 13.9. The molecule has 5 rings (SSSR count). The fourth-order valence-electron chi connectivity index (χ4n) is 4.79. The number of benzene rings is 1. The van der Waals surface area contributed by atoms with Crippen molar-refractivity contribution >= 4 is 27.1 Å². The van der Waals surface area contributed by atoms with Crippen molar-refractivity contribution in [2.45, 2.75) is 19.0 Å². The van der Waals surface area contributed by atoms with Crippen LogP contribution in [0.2, 0.25) is 0 Å². The highest BCUT2D eigenvalue weighted by atomic mass is 32.2. The second-order valence-corrected chi connectivity index (χ2v) is 11.5. The lowest BCUT2D eigenvalue weighted by Gasteiger charge is -2.27. The Labute approximate surface area is 210 Å². The minimum Gasteiger partial charge on any atom is -0.394 e. The molecule has 1 fully saturated rings. The van der Waals surface area contributed by atoms with Gasteiger partial charge in [0.15, 0.2) is 15.7 Å². The van der Waals surface area contributed by atoms with Crippen LogP contribution in [0.25, 0.3) is 5.52 Å². The van der Waals surface area contributed by atoms with Gasteiger partial charge in [0.1, 0.15) is 11.8 Å². The number of anilines is 1. The summed E-state index contributed by atoms with van der Waals surface area (Å²) in [6.45, 7) is 2.55. The Morgan fingerprint density at radius 3 is 2.69 bits per heavy atom. The molecule has 190 valence electrons. The van der Waals surface area contributed by atoms with E-state index in [-0.39, 0.29) is 30.1 Å². The summed E-state index contributed by atoms with van der Waals surface area (Å²) in [5, 5.41) is 17.7. The van der Waals surface area contributed by atoms with E-state index in [1.165, 1.54) is 6.33 Å². The van der Waals surface area contributed by atoms with Crippen molar-refractivity contribution in [2.75, 3.05) is 49.6 Å². The van der Waals surface area contributed by atoms with E-state index in [2.05, 4.69) is 15.4 Å². The Hall–Kier alpha value is -3.28. The molecule has 2 aliphatic heterocycles. The van der Waals surface area contributed by atoms with Crippen LogP contribution in [-0.4, -0.2) is 88.1 Å². The molecular weight excluding hydrogens is 480 g/mol. The third kappa shape index (κ3) is 5.28. The highest BCUT2D eigenvalue weighted by molar-refractivity contribution is 7.91. The number of nitrogens with zero attached hydrogens (tertiary/aromatic N) is 5. The molecule has 2 aliphatic rings. The molecule has 1 saturated heterocycles. The molecule has 0 aliphatic carbocycles. The topological polar surface area (TPSA) is 120 Å². The van der Waals surface area contributed by atoms with Crippen molar-refractivity contribution in [1.29, 1.82) is 0 Å². The zero-order valence-corrected chi connectivity index (χ0v) is 20.8. The maximum Gasteiger partial charge on any atom is 0.246 e. The zero-order chi connectivity index (χ0) is 25.1. The van der Waals surface area contributed by atoms with Gasteiger partial charge in [-0.1, -0.05) is 36.4 Å². The molecule has 0 saturated carbocycles. The second-order valence-electron chi connectivity index (χ2n) is 9.19. The van der Waals surface area contributed by atoms with Gasteiger partial charge >= 0.3 is 0 Å². The zero-order valence-electron chi connectivity index (χ0n) is 20.0. The number of hydrogen-bond acceptors (Lipinski definition) is 8. The molecule has 1 aromatic carbocycles. The average molecular weight is 511 g/mol. The number of aliphatic hydroxyl groups is 1. The van der Waals surface area contributed by atoms with E-state index < -0.39 is 9.84 Å². The van der Waals surface area contributed by atoms with Gasteiger partial charge in [0.05, 0.1) is 24.2 Å². The number of carbonyl (C=O) groups excluding carboxylic acids is 1. The lowest BCUT2D eigenvalue weighted by Crippen LogP contribution is -2.40. The summed E-state index contributed by atoms with van der Waals surface area (Å²) in [7, 11) is -2.91. The van der Waals surface area contributed by atoms with Crippen LogP contribution < -0.4 is 5.32 Å². The molecule has 0 radical (unpaired) electrons. The van der Waals surface area contributed by atoms with Gasteiger partial charge < -0.3 is 15.3 Å².